The van der Waals surface area contributed by atoms with Gasteiger partial charge in [0.1, 0.15) is 5.75 Å². The number of nitrogens with one attached hydrogen (secondary N) is 2. The number of benzene rings is 3. The van der Waals surface area contributed by atoms with Crippen molar-refractivity contribution in [1.29, 1.82) is 0 Å². The number of fused-ring (bicyclic) bond motifs is 2. The quantitative estimate of drug-likeness (QED) is 0.440. The van der Waals surface area contributed by atoms with Crippen LogP contribution in [0.15, 0.2) is 65.5 Å². The molecule has 166 valence electrons. The number of amides is 1. The first-order valence-corrected chi connectivity index (χ1v) is 10.5. The average molecular weight is 461 g/mol. The van der Waals surface area contributed by atoms with Gasteiger partial charge in [-0.25, -0.2) is 0 Å². The maximum Gasteiger partial charge on any atom is 0.266 e. The van der Waals surface area contributed by atoms with Gasteiger partial charge < -0.3 is 24.5 Å². The number of methoxy groups -OCH3 is 1. The molecule has 9 heteroatoms. The first kappa shape index (κ1) is 20.8. The Labute approximate surface area is 193 Å². The molecule has 0 unspecified atom stereocenters. The van der Waals surface area contributed by atoms with Gasteiger partial charge >= 0.3 is 0 Å². The van der Waals surface area contributed by atoms with Gasteiger partial charge in [-0.15, -0.1) is 0 Å². The summed E-state index contributed by atoms with van der Waals surface area (Å²) in [6.07, 6.45) is 0. The van der Waals surface area contributed by atoms with E-state index in [0.717, 1.165) is 5.56 Å². The Bertz CT molecular complexity index is 1490. The molecule has 1 aliphatic heterocycles. The Morgan fingerprint density at radius 1 is 1.09 bits per heavy atom. The molecular formula is C24H19N3O5S. The summed E-state index contributed by atoms with van der Waals surface area (Å²) >= 11 is 5.43. The molecule has 0 spiro atoms. The highest BCUT2D eigenvalue weighted by atomic mass is 32.1. The number of H-pyrrole nitrogens is 1. The number of aromatic amines is 1. The van der Waals surface area contributed by atoms with Crippen LogP contribution in [0.1, 0.15) is 15.9 Å². The molecular weight excluding hydrogens is 442 g/mol. The van der Waals surface area contributed by atoms with E-state index in [1.165, 1.54) is 4.57 Å². The van der Waals surface area contributed by atoms with Gasteiger partial charge in [-0.3, -0.25) is 14.2 Å². The van der Waals surface area contributed by atoms with Crippen molar-refractivity contribution in [2.24, 2.45) is 0 Å². The molecule has 4 aromatic rings. The van der Waals surface area contributed by atoms with Crippen molar-refractivity contribution in [2.45, 2.75) is 6.54 Å². The van der Waals surface area contributed by atoms with E-state index in [1.54, 1.807) is 49.6 Å². The monoisotopic (exact) mass is 461 g/mol. The average Bonchev–Trinajstić information content (AvgIpc) is 3.30. The number of carbonyl (C=O) groups excluding carboxylic acids is 1. The first-order chi connectivity index (χ1) is 16.0. The zero-order valence-corrected chi connectivity index (χ0v) is 18.4. The van der Waals surface area contributed by atoms with E-state index in [-0.39, 0.29) is 23.0 Å². The molecule has 0 saturated heterocycles. The minimum absolute atomic E-state index is 0.198. The molecule has 1 amide bonds. The van der Waals surface area contributed by atoms with Crippen LogP contribution in [-0.4, -0.2) is 29.4 Å². The van der Waals surface area contributed by atoms with Crippen LogP contribution in [0.4, 0.5) is 0 Å². The van der Waals surface area contributed by atoms with E-state index < -0.39 is 0 Å². The number of hydrogen-bond acceptors (Lipinski definition) is 6. The standard InChI is InChI=1S/C24H19N3O5S/c1-30-17-6-4-16(5-7-17)27-23(29)18-8-3-15(11-19(18)26-24(27)33)22(28)25-12-14-2-9-20-21(10-14)32-13-31-20/h2-11H,12-13H2,1H3,(H,25,28)(H,26,33). The van der Waals surface area contributed by atoms with Crippen molar-refractivity contribution in [3.63, 3.8) is 0 Å². The van der Waals surface area contributed by atoms with Gasteiger partial charge in [-0.2, -0.15) is 0 Å². The molecule has 0 fully saturated rings. The Balaban J connectivity index is 1.40. The fraction of sp³-hybridized carbons (Fsp3) is 0.125. The number of ether oxygens (including phenoxy) is 3. The normalized spacial score (nSPS) is 12.0. The maximum absolute atomic E-state index is 13.1. The molecule has 33 heavy (non-hydrogen) atoms. The SMILES string of the molecule is COc1ccc(-n2c(=S)[nH]c3cc(C(=O)NCc4ccc5c(c4)OCO5)ccc3c2=O)cc1. The lowest BCUT2D eigenvalue weighted by Crippen LogP contribution is -2.24. The van der Waals surface area contributed by atoms with Gasteiger partial charge in [0.05, 0.1) is 23.7 Å². The highest BCUT2D eigenvalue weighted by molar-refractivity contribution is 7.71. The van der Waals surface area contributed by atoms with E-state index in [1.807, 2.05) is 18.2 Å². The molecule has 1 aliphatic rings. The van der Waals surface area contributed by atoms with Gasteiger partial charge in [0.15, 0.2) is 16.3 Å². The van der Waals surface area contributed by atoms with Crippen LogP contribution in [-0.2, 0) is 6.54 Å². The molecule has 0 bridgehead atoms. The third-order valence-electron chi connectivity index (χ3n) is 5.38. The lowest BCUT2D eigenvalue weighted by atomic mass is 10.1. The Morgan fingerprint density at radius 3 is 2.67 bits per heavy atom. The van der Waals surface area contributed by atoms with Crippen LogP contribution >= 0.6 is 12.2 Å². The largest absolute Gasteiger partial charge is 0.497 e. The van der Waals surface area contributed by atoms with E-state index in [0.29, 0.717) is 45.9 Å². The van der Waals surface area contributed by atoms with Crippen LogP contribution < -0.4 is 25.1 Å². The third-order valence-corrected chi connectivity index (χ3v) is 5.67. The van der Waals surface area contributed by atoms with Gasteiger partial charge in [-0.1, -0.05) is 6.07 Å². The summed E-state index contributed by atoms with van der Waals surface area (Å²) < 4.78 is 17.5. The van der Waals surface area contributed by atoms with Crippen molar-refractivity contribution in [3.05, 3.63) is 86.9 Å². The van der Waals surface area contributed by atoms with E-state index in [4.69, 9.17) is 26.4 Å². The van der Waals surface area contributed by atoms with E-state index >= 15 is 0 Å². The molecule has 0 aliphatic carbocycles. The summed E-state index contributed by atoms with van der Waals surface area (Å²) in [5, 5.41) is 3.30. The smallest absolute Gasteiger partial charge is 0.266 e. The molecule has 3 aromatic carbocycles. The van der Waals surface area contributed by atoms with Crippen LogP contribution in [0, 0.1) is 4.77 Å². The molecule has 2 N–H and O–H groups in total. The topological polar surface area (TPSA) is 94.6 Å². The lowest BCUT2D eigenvalue weighted by Gasteiger charge is -2.10. The lowest BCUT2D eigenvalue weighted by molar-refractivity contribution is 0.0951. The van der Waals surface area contributed by atoms with Crippen molar-refractivity contribution >= 4 is 29.0 Å². The predicted molar refractivity (Wildman–Crippen MR) is 125 cm³/mol. The molecule has 2 heterocycles. The molecule has 5 rings (SSSR count). The second-order valence-corrected chi connectivity index (χ2v) is 7.79. The second kappa shape index (κ2) is 8.44. The summed E-state index contributed by atoms with van der Waals surface area (Å²) in [5.74, 6) is 1.76. The van der Waals surface area contributed by atoms with Crippen LogP contribution in [0.5, 0.6) is 17.2 Å². The second-order valence-electron chi connectivity index (χ2n) is 7.40. The Kier molecular flexibility index (Phi) is 5.31. The van der Waals surface area contributed by atoms with E-state index in [2.05, 4.69) is 10.3 Å². The zero-order chi connectivity index (χ0) is 22.9. The van der Waals surface area contributed by atoms with Gasteiger partial charge in [0.2, 0.25) is 6.79 Å². The fourth-order valence-electron chi connectivity index (χ4n) is 3.66. The molecule has 0 saturated carbocycles. The highest BCUT2D eigenvalue weighted by Gasteiger charge is 2.15. The number of carbonyl (C=O) groups is 1. The summed E-state index contributed by atoms with van der Waals surface area (Å²) in [6, 6.07) is 17.4. The van der Waals surface area contributed by atoms with Crippen molar-refractivity contribution < 1.29 is 19.0 Å². The number of rotatable bonds is 5. The van der Waals surface area contributed by atoms with Gasteiger partial charge in [0, 0.05) is 12.1 Å². The minimum Gasteiger partial charge on any atom is -0.497 e. The Hall–Kier alpha value is -4.11. The predicted octanol–water partition coefficient (Wildman–Crippen LogP) is 3.72. The maximum atomic E-state index is 13.1. The van der Waals surface area contributed by atoms with Crippen molar-refractivity contribution in [3.8, 4) is 22.9 Å². The van der Waals surface area contributed by atoms with Crippen LogP contribution in [0.25, 0.3) is 16.6 Å². The first-order valence-electron chi connectivity index (χ1n) is 10.1. The summed E-state index contributed by atoms with van der Waals surface area (Å²) in [7, 11) is 1.58. The summed E-state index contributed by atoms with van der Waals surface area (Å²) in [5.41, 5.74) is 2.14. The zero-order valence-electron chi connectivity index (χ0n) is 17.6. The number of aromatic nitrogens is 2. The molecule has 1 aromatic heterocycles. The van der Waals surface area contributed by atoms with Crippen LogP contribution in [0.2, 0.25) is 0 Å². The minimum atomic E-state index is -0.272. The molecule has 0 atom stereocenters. The van der Waals surface area contributed by atoms with E-state index in [9.17, 15) is 9.59 Å². The van der Waals surface area contributed by atoms with Crippen molar-refractivity contribution in [2.75, 3.05) is 13.9 Å². The summed E-state index contributed by atoms with van der Waals surface area (Å²) in [4.78, 5) is 28.9. The molecule has 0 radical (unpaired) electrons. The number of nitrogens with zero attached hydrogens (tertiary/aromatic N) is 1. The highest BCUT2D eigenvalue weighted by Crippen LogP contribution is 2.32. The Morgan fingerprint density at radius 2 is 1.88 bits per heavy atom. The fourth-order valence-corrected chi connectivity index (χ4v) is 3.96. The third kappa shape index (κ3) is 3.94. The number of hydrogen-bond donors (Lipinski definition) is 2. The van der Waals surface area contributed by atoms with Crippen LogP contribution in [0.3, 0.4) is 0 Å². The molecule has 8 nitrogen and oxygen atoms in total. The van der Waals surface area contributed by atoms with Gasteiger partial charge in [0.25, 0.3) is 11.5 Å². The van der Waals surface area contributed by atoms with Crippen molar-refractivity contribution in [1.82, 2.24) is 14.9 Å². The summed E-state index contributed by atoms with van der Waals surface area (Å²) in [6.45, 7) is 0.520. The van der Waals surface area contributed by atoms with Gasteiger partial charge in [-0.05, 0) is 72.4 Å².